The fourth-order valence-corrected chi connectivity index (χ4v) is 1.50. The smallest absolute Gasteiger partial charge is 0.180 e. The molecule has 0 aliphatic carbocycles. The summed E-state index contributed by atoms with van der Waals surface area (Å²) in [6.45, 7) is 10.2. The van der Waals surface area contributed by atoms with Crippen LogP contribution in [0.1, 0.15) is 34.6 Å². The van der Waals surface area contributed by atoms with Crippen LogP contribution in [-0.2, 0) is 4.74 Å². The third-order valence-corrected chi connectivity index (χ3v) is 2.52. The Bertz CT molecular complexity index is 185. The van der Waals surface area contributed by atoms with E-state index in [-0.39, 0.29) is 5.54 Å². The fourth-order valence-electron chi connectivity index (χ4n) is 1.50. The molecular weight excluding hydrogens is 154 g/mol. The molecular formula is C9H19NO2. The van der Waals surface area contributed by atoms with Gasteiger partial charge in [-0.3, -0.25) is 5.32 Å². The van der Waals surface area contributed by atoms with Crippen molar-refractivity contribution in [1.82, 2.24) is 5.32 Å². The molecule has 1 saturated heterocycles. The van der Waals surface area contributed by atoms with Crippen LogP contribution in [0.4, 0.5) is 0 Å². The molecule has 1 rings (SSSR count). The Kier molecular flexibility index (Phi) is 2.02. The van der Waals surface area contributed by atoms with E-state index in [0.717, 1.165) is 0 Å². The second kappa shape index (κ2) is 2.44. The minimum absolute atomic E-state index is 0.0637. The lowest BCUT2D eigenvalue weighted by Gasteiger charge is -2.51. The lowest BCUT2D eigenvalue weighted by atomic mass is 9.88. The van der Waals surface area contributed by atoms with Crippen molar-refractivity contribution in [3.63, 3.8) is 0 Å². The number of hydrogen-bond acceptors (Lipinski definition) is 3. The van der Waals surface area contributed by atoms with Gasteiger partial charge in [-0.25, -0.2) is 0 Å². The molecule has 2 N–H and O–H groups in total. The average molecular weight is 173 g/mol. The molecule has 0 aromatic carbocycles. The molecule has 72 valence electrons. The Balaban J connectivity index is 2.82. The third-order valence-electron chi connectivity index (χ3n) is 2.52. The van der Waals surface area contributed by atoms with E-state index in [0.29, 0.717) is 6.61 Å². The summed E-state index contributed by atoms with van der Waals surface area (Å²) >= 11 is 0. The number of rotatable bonds is 0. The van der Waals surface area contributed by atoms with Crippen LogP contribution in [0.3, 0.4) is 0 Å². The summed E-state index contributed by atoms with van der Waals surface area (Å²) in [5, 5.41) is 13.2. The standard InChI is InChI=1S/C9H19NO2/c1-7(2)6-12-9(5,11)8(3,4)10-7/h10-11H,6H2,1-5H3. The van der Waals surface area contributed by atoms with Gasteiger partial charge in [0, 0.05) is 5.54 Å². The molecule has 1 aliphatic heterocycles. The zero-order valence-corrected chi connectivity index (χ0v) is 8.56. The molecule has 0 aromatic rings. The summed E-state index contributed by atoms with van der Waals surface area (Å²) in [5.41, 5.74) is -0.472. The molecule has 1 fully saturated rings. The molecule has 0 radical (unpaired) electrons. The molecule has 1 aliphatic rings. The Morgan fingerprint density at radius 1 is 1.17 bits per heavy atom. The van der Waals surface area contributed by atoms with E-state index >= 15 is 0 Å². The SMILES string of the molecule is CC1(C)COC(C)(O)C(C)(C)N1. The van der Waals surface area contributed by atoms with Crippen LogP contribution >= 0.6 is 0 Å². The Labute approximate surface area is 74.1 Å². The summed E-state index contributed by atoms with van der Waals surface area (Å²) in [4.78, 5) is 0. The first-order chi connectivity index (χ1) is 5.16. The summed E-state index contributed by atoms with van der Waals surface area (Å²) < 4.78 is 5.39. The van der Waals surface area contributed by atoms with Gasteiger partial charge >= 0.3 is 0 Å². The highest BCUT2D eigenvalue weighted by atomic mass is 16.6. The topological polar surface area (TPSA) is 41.5 Å². The van der Waals surface area contributed by atoms with Gasteiger partial charge in [-0.05, 0) is 34.6 Å². The van der Waals surface area contributed by atoms with E-state index in [9.17, 15) is 5.11 Å². The van der Waals surface area contributed by atoms with Crippen LogP contribution in [0.15, 0.2) is 0 Å². The predicted octanol–water partition coefficient (Wildman–Crippen LogP) is 0.872. The van der Waals surface area contributed by atoms with Gasteiger partial charge in [0.1, 0.15) is 0 Å². The van der Waals surface area contributed by atoms with Crippen molar-refractivity contribution >= 4 is 0 Å². The fraction of sp³-hybridized carbons (Fsp3) is 1.00. The van der Waals surface area contributed by atoms with Crippen molar-refractivity contribution in [1.29, 1.82) is 0 Å². The first-order valence-electron chi connectivity index (χ1n) is 4.32. The first-order valence-corrected chi connectivity index (χ1v) is 4.32. The maximum atomic E-state index is 9.85. The lowest BCUT2D eigenvalue weighted by molar-refractivity contribution is -0.270. The van der Waals surface area contributed by atoms with Crippen LogP contribution in [-0.4, -0.2) is 28.6 Å². The van der Waals surface area contributed by atoms with Crippen molar-refractivity contribution in [3.05, 3.63) is 0 Å². The monoisotopic (exact) mass is 173 g/mol. The van der Waals surface area contributed by atoms with Gasteiger partial charge in [-0.1, -0.05) is 0 Å². The molecule has 0 amide bonds. The van der Waals surface area contributed by atoms with Crippen LogP contribution in [0.2, 0.25) is 0 Å². The van der Waals surface area contributed by atoms with Gasteiger partial charge < -0.3 is 9.84 Å². The summed E-state index contributed by atoms with van der Waals surface area (Å²) in [6.07, 6.45) is 0. The predicted molar refractivity (Wildman–Crippen MR) is 47.9 cm³/mol. The van der Waals surface area contributed by atoms with Crippen LogP contribution in [0.5, 0.6) is 0 Å². The normalized spacial score (nSPS) is 39.5. The highest BCUT2D eigenvalue weighted by Gasteiger charge is 2.48. The maximum Gasteiger partial charge on any atom is 0.180 e. The van der Waals surface area contributed by atoms with E-state index in [1.165, 1.54) is 0 Å². The number of morpholine rings is 1. The Hall–Kier alpha value is -0.120. The van der Waals surface area contributed by atoms with Gasteiger partial charge in [-0.15, -0.1) is 0 Å². The second-order valence-electron chi connectivity index (χ2n) is 4.91. The van der Waals surface area contributed by atoms with E-state index in [2.05, 4.69) is 19.2 Å². The quantitative estimate of drug-likeness (QED) is 0.571. The molecule has 1 unspecified atom stereocenters. The zero-order valence-electron chi connectivity index (χ0n) is 8.56. The summed E-state index contributed by atoms with van der Waals surface area (Å²) in [7, 11) is 0. The van der Waals surface area contributed by atoms with E-state index < -0.39 is 11.3 Å². The van der Waals surface area contributed by atoms with E-state index in [1.54, 1.807) is 6.92 Å². The van der Waals surface area contributed by atoms with Gasteiger partial charge in [0.05, 0.1) is 12.1 Å². The van der Waals surface area contributed by atoms with Crippen molar-refractivity contribution in [3.8, 4) is 0 Å². The number of ether oxygens (including phenoxy) is 1. The largest absolute Gasteiger partial charge is 0.364 e. The van der Waals surface area contributed by atoms with E-state index in [1.807, 2.05) is 13.8 Å². The minimum atomic E-state index is -1.08. The van der Waals surface area contributed by atoms with E-state index in [4.69, 9.17) is 4.74 Å². The minimum Gasteiger partial charge on any atom is -0.364 e. The van der Waals surface area contributed by atoms with Gasteiger partial charge in [0.15, 0.2) is 5.79 Å². The van der Waals surface area contributed by atoms with Crippen LogP contribution < -0.4 is 5.32 Å². The number of hydrogen-bond donors (Lipinski definition) is 2. The molecule has 12 heavy (non-hydrogen) atoms. The molecule has 1 heterocycles. The molecule has 0 saturated carbocycles. The van der Waals surface area contributed by atoms with Crippen LogP contribution in [0, 0.1) is 0 Å². The molecule has 0 aromatic heterocycles. The molecule has 1 atom stereocenters. The molecule has 3 heteroatoms. The lowest BCUT2D eigenvalue weighted by Crippen LogP contribution is -2.70. The van der Waals surface area contributed by atoms with Crippen molar-refractivity contribution in [2.75, 3.05) is 6.61 Å². The van der Waals surface area contributed by atoms with Crippen molar-refractivity contribution in [2.45, 2.75) is 51.5 Å². The molecule has 0 spiro atoms. The van der Waals surface area contributed by atoms with Crippen LogP contribution in [0.25, 0.3) is 0 Å². The molecule has 3 nitrogen and oxygen atoms in total. The Morgan fingerprint density at radius 3 is 2.00 bits per heavy atom. The third kappa shape index (κ3) is 1.63. The second-order valence-corrected chi connectivity index (χ2v) is 4.91. The summed E-state index contributed by atoms with van der Waals surface area (Å²) in [5.74, 6) is -1.08. The average Bonchev–Trinajstić information content (AvgIpc) is 1.79. The van der Waals surface area contributed by atoms with Crippen molar-refractivity contribution in [2.24, 2.45) is 0 Å². The van der Waals surface area contributed by atoms with Gasteiger partial charge in [-0.2, -0.15) is 0 Å². The zero-order chi connectivity index (χ0) is 9.62. The number of nitrogens with one attached hydrogen (secondary N) is 1. The summed E-state index contributed by atoms with van der Waals surface area (Å²) in [6, 6.07) is 0. The van der Waals surface area contributed by atoms with Gasteiger partial charge in [0.2, 0.25) is 0 Å². The highest BCUT2D eigenvalue weighted by Crippen LogP contribution is 2.30. The van der Waals surface area contributed by atoms with Crippen molar-refractivity contribution < 1.29 is 9.84 Å². The van der Waals surface area contributed by atoms with Gasteiger partial charge in [0.25, 0.3) is 0 Å². The maximum absolute atomic E-state index is 9.85. The first kappa shape index (κ1) is 9.96. The highest BCUT2D eigenvalue weighted by molar-refractivity contribution is 5.00. The number of aliphatic hydroxyl groups is 1. The molecule has 0 bridgehead atoms. The Morgan fingerprint density at radius 2 is 1.67 bits per heavy atom.